The molecular weight excluding hydrogens is 232 g/mol. The number of hydrogen-bond donors (Lipinski definition) is 0. The molecule has 1 aromatic carbocycles. The molecule has 0 aliphatic rings. The van der Waals surface area contributed by atoms with Crippen LogP contribution < -0.4 is 4.90 Å². The Morgan fingerprint density at radius 3 is 1.78 bits per heavy atom. The Morgan fingerprint density at radius 1 is 0.889 bits per heavy atom. The van der Waals surface area contributed by atoms with E-state index in [1.807, 2.05) is 20.8 Å². The molecule has 0 spiro atoms. The smallest absolute Gasteiger partial charge is 0.149 e. The molecule has 0 amide bonds. The number of rotatable bonds is 7. The van der Waals surface area contributed by atoms with Gasteiger partial charge in [0.2, 0.25) is 0 Å². The zero-order valence-corrected chi connectivity index (χ0v) is 11.6. The average molecular weight is 255 g/mol. The predicted molar refractivity (Wildman–Crippen MR) is 73.1 cm³/mol. The summed E-state index contributed by atoms with van der Waals surface area (Å²) in [6.45, 7) is 7.42. The summed E-state index contributed by atoms with van der Waals surface area (Å²) in [4.78, 5) is 1.81. The molecule has 0 heterocycles. The van der Waals surface area contributed by atoms with Gasteiger partial charge in [-0.05, 0) is 37.0 Å². The summed E-state index contributed by atoms with van der Waals surface area (Å²) >= 11 is 0. The molecule has 0 aromatic heterocycles. The van der Waals surface area contributed by atoms with Crippen LogP contribution in [0.4, 0.5) is 14.5 Å². The summed E-state index contributed by atoms with van der Waals surface area (Å²) in [5.74, 6) is -0.860. The molecular formula is C15H23F2N. The van der Waals surface area contributed by atoms with E-state index in [4.69, 9.17) is 0 Å². The summed E-state index contributed by atoms with van der Waals surface area (Å²) in [6, 6.07) is 2.94. The molecule has 0 aliphatic carbocycles. The third kappa shape index (κ3) is 3.69. The van der Waals surface area contributed by atoms with Gasteiger partial charge in [-0.15, -0.1) is 0 Å². The second-order valence-electron chi connectivity index (χ2n) is 4.65. The normalized spacial score (nSPS) is 10.7. The molecule has 0 aliphatic heterocycles. The van der Waals surface area contributed by atoms with Gasteiger partial charge in [-0.25, -0.2) is 8.78 Å². The maximum absolute atomic E-state index is 14.0. The molecule has 0 saturated heterocycles. The van der Waals surface area contributed by atoms with Crippen LogP contribution in [-0.4, -0.2) is 13.1 Å². The Bertz CT molecular complexity index is 348. The molecule has 0 fully saturated rings. The minimum Gasteiger partial charge on any atom is -0.367 e. The lowest BCUT2D eigenvalue weighted by Gasteiger charge is -2.25. The Labute approximate surface area is 109 Å². The van der Waals surface area contributed by atoms with Crippen molar-refractivity contribution < 1.29 is 8.78 Å². The zero-order valence-electron chi connectivity index (χ0n) is 11.6. The first-order chi connectivity index (χ1) is 8.63. The van der Waals surface area contributed by atoms with Crippen molar-refractivity contribution in [1.29, 1.82) is 0 Å². The van der Waals surface area contributed by atoms with Crippen LogP contribution in [0.2, 0.25) is 0 Å². The van der Waals surface area contributed by atoms with Crippen molar-refractivity contribution in [2.75, 3.05) is 18.0 Å². The molecule has 102 valence electrons. The fourth-order valence-corrected chi connectivity index (χ4v) is 2.23. The molecule has 0 unspecified atom stereocenters. The number of aryl methyl sites for hydroxylation is 1. The second kappa shape index (κ2) is 7.34. The first-order valence-electron chi connectivity index (χ1n) is 6.86. The standard InChI is InChI=1S/C15H23F2N/c1-4-7-12-10-13(16)15(14(17)11-12)18(8-5-2)9-6-3/h10-11H,4-9H2,1-3H3. The Kier molecular flexibility index (Phi) is 6.10. The fourth-order valence-electron chi connectivity index (χ4n) is 2.23. The monoisotopic (exact) mass is 255 g/mol. The van der Waals surface area contributed by atoms with E-state index in [2.05, 4.69) is 0 Å². The summed E-state index contributed by atoms with van der Waals surface area (Å²) in [5.41, 5.74) is 0.878. The van der Waals surface area contributed by atoms with Crippen LogP contribution in [0.5, 0.6) is 0 Å². The van der Waals surface area contributed by atoms with Gasteiger partial charge in [-0.1, -0.05) is 27.2 Å². The quantitative estimate of drug-likeness (QED) is 0.691. The highest BCUT2D eigenvalue weighted by Crippen LogP contribution is 2.26. The molecule has 0 saturated carbocycles. The summed E-state index contributed by atoms with van der Waals surface area (Å²) < 4.78 is 28.1. The van der Waals surface area contributed by atoms with Crippen molar-refractivity contribution in [3.05, 3.63) is 29.3 Å². The van der Waals surface area contributed by atoms with Crippen molar-refractivity contribution in [1.82, 2.24) is 0 Å². The van der Waals surface area contributed by atoms with Crippen LogP contribution in [0.15, 0.2) is 12.1 Å². The van der Waals surface area contributed by atoms with Crippen molar-refractivity contribution in [3.63, 3.8) is 0 Å². The third-order valence-electron chi connectivity index (χ3n) is 2.92. The summed E-state index contributed by atoms with van der Waals surface area (Å²) in [7, 11) is 0. The lowest BCUT2D eigenvalue weighted by atomic mass is 10.1. The third-order valence-corrected chi connectivity index (χ3v) is 2.92. The van der Waals surface area contributed by atoms with E-state index >= 15 is 0 Å². The maximum atomic E-state index is 14.0. The minimum atomic E-state index is -0.430. The van der Waals surface area contributed by atoms with Crippen molar-refractivity contribution in [2.45, 2.75) is 46.5 Å². The Morgan fingerprint density at radius 2 is 1.39 bits per heavy atom. The number of nitrogens with zero attached hydrogens (tertiary/aromatic N) is 1. The van der Waals surface area contributed by atoms with E-state index in [1.54, 1.807) is 4.90 Å². The highest BCUT2D eigenvalue weighted by molar-refractivity contribution is 5.50. The molecule has 1 nitrogen and oxygen atoms in total. The highest BCUT2D eigenvalue weighted by Gasteiger charge is 2.16. The molecule has 18 heavy (non-hydrogen) atoms. The second-order valence-corrected chi connectivity index (χ2v) is 4.65. The van der Waals surface area contributed by atoms with E-state index in [1.165, 1.54) is 12.1 Å². The number of hydrogen-bond acceptors (Lipinski definition) is 1. The SMILES string of the molecule is CCCc1cc(F)c(N(CCC)CCC)c(F)c1. The molecule has 0 radical (unpaired) electrons. The van der Waals surface area contributed by atoms with Gasteiger partial charge >= 0.3 is 0 Å². The van der Waals surface area contributed by atoms with E-state index in [9.17, 15) is 8.78 Å². The van der Waals surface area contributed by atoms with Gasteiger partial charge in [-0.3, -0.25) is 0 Å². The van der Waals surface area contributed by atoms with Gasteiger partial charge in [0.15, 0.2) is 0 Å². The number of benzene rings is 1. The maximum Gasteiger partial charge on any atom is 0.149 e. The Hall–Kier alpha value is -1.12. The average Bonchev–Trinajstić information content (AvgIpc) is 2.29. The van der Waals surface area contributed by atoms with Crippen LogP contribution >= 0.6 is 0 Å². The summed E-state index contributed by atoms with van der Waals surface area (Å²) in [5, 5.41) is 0. The van der Waals surface area contributed by atoms with Crippen LogP contribution in [0, 0.1) is 11.6 Å². The van der Waals surface area contributed by atoms with Crippen LogP contribution in [0.3, 0.4) is 0 Å². The van der Waals surface area contributed by atoms with E-state index in [-0.39, 0.29) is 5.69 Å². The first-order valence-corrected chi connectivity index (χ1v) is 6.86. The Balaban J connectivity index is 3.05. The molecule has 0 bridgehead atoms. The molecule has 1 aromatic rings. The highest BCUT2D eigenvalue weighted by atomic mass is 19.1. The van der Waals surface area contributed by atoms with Gasteiger partial charge in [0.25, 0.3) is 0 Å². The summed E-state index contributed by atoms with van der Waals surface area (Å²) in [6.07, 6.45) is 3.38. The molecule has 0 N–H and O–H groups in total. The first kappa shape index (κ1) is 14.9. The van der Waals surface area contributed by atoms with Gasteiger partial charge in [-0.2, -0.15) is 0 Å². The van der Waals surface area contributed by atoms with Gasteiger partial charge in [0.05, 0.1) is 0 Å². The fraction of sp³-hybridized carbons (Fsp3) is 0.600. The van der Waals surface area contributed by atoms with E-state index in [0.717, 1.165) is 31.2 Å². The predicted octanol–water partition coefficient (Wildman–Crippen LogP) is 4.54. The zero-order chi connectivity index (χ0) is 13.5. The van der Waals surface area contributed by atoms with Crippen molar-refractivity contribution in [3.8, 4) is 0 Å². The van der Waals surface area contributed by atoms with Crippen molar-refractivity contribution >= 4 is 5.69 Å². The topological polar surface area (TPSA) is 3.24 Å². The van der Waals surface area contributed by atoms with Gasteiger partial charge in [0.1, 0.15) is 17.3 Å². The minimum absolute atomic E-state index is 0.138. The van der Waals surface area contributed by atoms with Crippen LogP contribution in [0.1, 0.15) is 45.6 Å². The van der Waals surface area contributed by atoms with Crippen LogP contribution in [-0.2, 0) is 6.42 Å². The number of halogens is 2. The molecule has 0 atom stereocenters. The van der Waals surface area contributed by atoms with E-state index < -0.39 is 11.6 Å². The lowest BCUT2D eigenvalue weighted by Crippen LogP contribution is -2.27. The molecule has 3 heteroatoms. The van der Waals surface area contributed by atoms with Gasteiger partial charge < -0.3 is 4.90 Å². The van der Waals surface area contributed by atoms with Crippen LogP contribution in [0.25, 0.3) is 0 Å². The van der Waals surface area contributed by atoms with Gasteiger partial charge in [0, 0.05) is 13.1 Å². The van der Waals surface area contributed by atoms with Crippen molar-refractivity contribution in [2.24, 2.45) is 0 Å². The largest absolute Gasteiger partial charge is 0.367 e. The lowest BCUT2D eigenvalue weighted by molar-refractivity contribution is 0.564. The number of anilines is 1. The molecule has 1 rings (SSSR count). The van der Waals surface area contributed by atoms with E-state index in [0.29, 0.717) is 13.1 Å².